The SMILES string of the molecule is COc1cc(CC(=N)N)c(-c2ccc3c(-c4ccc(C(C)(C)C)cc4)cccc3c2)cc1OC. The van der Waals surface area contributed by atoms with Crippen molar-refractivity contribution in [1.82, 2.24) is 0 Å². The van der Waals surface area contributed by atoms with Crippen molar-refractivity contribution in [3.8, 4) is 33.8 Å². The van der Waals surface area contributed by atoms with Crippen molar-refractivity contribution in [1.29, 1.82) is 5.41 Å². The predicted octanol–water partition coefficient (Wildman–Crippen LogP) is 6.97. The Morgan fingerprint density at radius 2 is 1.44 bits per heavy atom. The van der Waals surface area contributed by atoms with Crippen LogP contribution in [0.2, 0.25) is 0 Å². The zero-order valence-corrected chi connectivity index (χ0v) is 20.5. The molecule has 4 rings (SSSR count). The first kappa shape index (κ1) is 23.4. The van der Waals surface area contributed by atoms with Crippen molar-refractivity contribution < 1.29 is 9.47 Å². The van der Waals surface area contributed by atoms with Crippen molar-refractivity contribution in [3.05, 3.63) is 83.9 Å². The highest BCUT2D eigenvalue weighted by Gasteiger charge is 2.16. The van der Waals surface area contributed by atoms with E-state index in [1.165, 1.54) is 22.1 Å². The van der Waals surface area contributed by atoms with Crippen molar-refractivity contribution in [3.63, 3.8) is 0 Å². The summed E-state index contributed by atoms with van der Waals surface area (Å²) in [6.45, 7) is 6.70. The molecule has 0 atom stereocenters. The van der Waals surface area contributed by atoms with Crippen LogP contribution in [-0.4, -0.2) is 20.1 Å². The summed E-state index contributed by atoms with van der Waals surface area (Å²) in [6, 6.07) is 25.6. The van der Waals surface area contributed by atoms with Crippen LogP contribution in [-0.2, 0) is 11.8 Å². The van der Waals surface area contributed by atoms with Crippen LogP contribution in [0.4, 0.5) is 0 Å². The molecule has 0 amide bonds. The molecule has 0 unspecified atom stereocenters. The Morgan fingerprint density at radius 3 is 2.06 bits per heavy atom. The molecule has 0 spiro atoms. The molecule has 0 aromatic heterocycles. The van der Waals surface area contributed by atoms with Gasteiger partial charge in [0.05, 0.1) is 20.1 Å². The Hall–Kier alpha value is -3.79. The van der Waals surface area contributed by atoms with E-state index in [0.717, 1.165) is 22.1 Å². The molecule has 4 aromatic rings. The van der Waals surface area contributed by atoms with Gasteiger partial charge in [-0.2, -0.15) is 0 Å². The van der Waals surface area contributed by atoms with E-state index in [4.69, 9.17) is 20.6 Å². The molecule has 3 N–H and O–H groups in total. The third-order valence-corrected chi connectivity index (χ3v) is 6.24. The minimum absolute atomic E-state index is 0.107. The van der Waals surface area contributed by atoms with Crippen LogP contribution in [0, 0.1) is 5.41 Å². The van der Waals surface area contributed by atoms with Crippen LogP contribution < -0.4 is 15.2 Å². The van der Waals surface area contributed by atoms with E-state index >= 15 is 0 Å². The fraction of sp³-hybridized carbons (Fsp3) is 0.233. The van der Waals surface area contributed by atoms with Crippen LogP contribution in [0.3, 0.4) is 0 Å². The molecule has 34 heavy (non-hydrogen) atoms. The summed E-state index contributed by atoms with van der Waals surface area (Å²) >= 11 is 0. The molecule has 0 bridgehead atoms. The van der Waals surface area contributed by atoms with Gasteiger partial charge >= 0.3 is 0 Å². The van der Waals surface area contributed by atoms with Gasteiger partial charge in [0.15, 0.2) is 11.5 Å². The molecular weight excluding hydrogens is 420 g/mol. The summed E-state index contributed by atoms with van der Waals surface area (Å²) in [5, 5.41) is 10.2. The molecular formula is C30H32N2O2. The number of ether oxygens (including phenoxy) is 2. The van der Waals surface area contributed by atoms with E-state index in [2.05, 4.69) is 81.4 Å². The molecule has 0 aliphatic heterocycles. The fourth-order valence-corrected chi connectivity index (χ4v) is 4.39. The molecule has 4 heteroatoms. The summed E-state index contributed by atoms with van der Waals surface area (Å²) in [5.41, 5.74) is 12.6. The molecule has 0 saturated heterocycles. The maximum Gasteiger partial charge on any atom is 0.161 e. The average Bonchev–Trinajstić information content (AvgIpc) is 2.82. The van der Waals surface area contributed by atoms with Gasteiger partial charge in [-0.3, -0.25) is 5.41 Å². The second-order valence-corrected chi connectivity index (χ2v) is 9.64. The van der Waals surface area contributed by atoms with E-state index in [0.29, 0.717) is 17.9 Å². The first-order chi connectivity index (χ1) is 16.2. The lowest BCUT2D eigenvalue weighted by atomic mass is 9.86. The molecule has 174 valence electrons. The summed E-state index contributed by atoms with van der Waals surface area (Å²) < 4.78 is 11.0. The van der Waals surface area contributed by atoms with E-state index < -0.39 is 0 Å². The predicted molar refractivity (Wildman–Crippen MR) is 142 cm³/mol. The summed E-state index contributed by atoms with van der Waals surface area (Å²) in [5.74, 6) is 1.39. The standard InChI is InChI=1S/C30H32N2O2/c1-30(2,3)23-12-9-19(10-13-23)24-8-6-7-20-15-21(11-14-25(20)24)26-18-28(34-5)27(33-4)16-22(26)17-29(31)32/h6-16,18H,17H2,1-5H3,(H3,31,32). The number of hydrogen-bond acceptors (Lipinski definition) is 3. The fourth-order valence-electron chi connectivity index (χ4n) is 4.39. The third kappa shape index (κ3) is 4.62. The number of fused-ring (bicyclic) bond motifs is 1. The van der Waals surface area contributed by atoms with Crippen LogP contribution >= 0.6 is 0 Å². The van der Waals surface area contributed by atoms with E-state index in [1.807, 2.05) is 12.1 Å². The van der Waals surface area contributed by atoms with Crippen LogP contribution in [0.5, 0.6) is 11.5 Å². The maximum absolute atomic E-state index is 7.83. The van der Waals surface area contributed by atoms with Crippen molar-refractivity contribution in [2.45, 2.75) is 32.6 Å². The lowest BCUT2D eigenvalue weighted by Crippen LogP contribution is -2.13. The van der Waals surface area contributed by atoms with Gasteiger partial charge in [-0.05, 0) is 67.8 Å². The molecule has 4 nitrogen and oxygen atoms in total. The van der Waals surface area contributed by atoms with Gasteiger partial charge in [0.25, 0.3) is 0 Å². The first-order valence-corrected chi connectivity index (χ1v) is 11.4. The molecule has 4 aromatic carbocycles. The zero-order valence-electron chi connectivity index (χ0n) is 20.5. The number of amidine groups is 1. The molecule has 0 saturated carbocycles. The number of hydrogen-bond donors (Lipinski definition) is 2. The zero-order chi connectivity index (χ0) is 24.5. The highest BCUT2D eigenvalue weighted by atomic mass is 16.5. The quantitative estimate of drug-likeness (QED) is 0.245. The Balaban J connectivity index is 1.82. The van der Waals surface area contributed by atoms with Crippen LogP contribution in [0.1, 0.15) is 31.9 Å². The van der Waals surface area contributed by atoms with E-state index in [1.54, 1.807) is 14.2 Å². The maximum atomic E-state index is 7.83. The summed E-state index contributed by atoms with van der Waals surface area (Å²) in [6.07, 6.45) is 0.341. The number of methoxy groups -OCH3 is 2. The van der Waals surface area contributed by atoms with Gasteiger partial charge in [0.1, 0.15) is 0 Å². The molecule has 0 aliphatic carbocycles. The average molecular weight is 453 g/mol. The highest BCUT2D eigenvalue weighted by Crippen LogP contribution is 2.38. The van der Waals surface area contributed by atoms with Crippen molar-refractivity contribution in [2.24, 2.45) is 5.73 Å². The van der Waals surface area contributed by atoms with Gasteiger partial charge in [0, 0.05) is 6.42 Å². The van der Waals surface area contributed by atoms with Gasteiger partial charge in [-0.15, -0.1) is 0 Å². The smallest absolute Gasteiger partial charge is 0.161 e. The molecule has 0 fully saturated rings. The number of nitrogens with two attached hydrogens (primary N) is 1. The topological polar surface area (TPSA) is 68.3 Å². The lowest BCUT2D eigenvalue weighted by Gasteiger charge is -2.19. The second kappa shape index (κ2) is 9.22. The highest BCUT2D eigenvalue weighted by molar-refractivity contribution is 5.99. The molecule has 0 heterocycles. The Morgan fingerprint density at radius 1 is 0.794 bits per heavy atom. The molecule has 0 aliphatic rings. The number of benzene rings is 4. The number of rotatable bonds is 6. The third-order valence-electron chi connectivity index (χ3n) is 6.24. The Bertz CT molecular complexity index is 1350. The van der Waals surface area contributed by atoms with E-state index in [9.17, 15) is 0 Å². The summed E-state index contributed by atoms with van der Waals surface area (Å²) in [7, 11) is 3.24. The largest absolute Gasteiger partial charge is 0.493 e. The second-order valence-electron chi connectivity index (χ2n) is 9.64. The van der Waals surface area contributed by atoms with Crippen LogP contribution in [0.15, 0.2) is 72.8 Å². The van der Waals surface area contributed by atoms with Crippen molar-refractivity contribution in [2.75, 3.05) is 14.2 Å². The van der Waals surface area contributed by atoms with Crippen molar-refractivity contribution >= 4 is 16.6 Å². The minimum atomic E-state index is 0.107. The van der Waals surface area contributed by atoms with Crippen LogP contribution in [0.25, 0.3) is 33.0 Å². The first-order valence-electron chi connectivity index (χ1n) is 11.4. The number of nitrogens with one attached hydrogen (secondary N) is 1. The van der Waals surface area contributed by atoms with E-state index in [-0.39, 0.29) is 11.3 Å². The van der Waals surface area contributed by atoms with Gasteiger partial charge in [0.2, 0.25) is 0 Å². The minimum Gasteiger partial charge on any atom is -0.493 e. The Kier molecular flexibility index (Phi) is 6.34. The lowest BCUT2D eigenvalue weighted by molar-refractivity contribution is 0.355. The molecule has 0 radical (unpaired) electrons. The summed E-state index contributed by atoms with van der Waals surface area (Å²) in [4.78, 5) is 0. The normalized spacial score (nSPS) is 11.4. The van der Waals surface area contributed by atoms with Gasteiger partial charge in [-0.1, -0.05) is 75.4 Å². The van der Waals surface area contributed by atoms with Gasteiger partial charge < -0.3 is 15.2 Å². The Labute approximate surface area is 201 Å². The monoisotopic (exact) mass is 452 g/mol. The van der Waals surface area contributed by atoms with Gasteiger partial charge in [-0.25, -0.2) is 0 Å².